The number of hydrogen-bond acceptors (Lipinski definition) is 3. The molecule has 0 fully saturated rings. The van der Waals surface area contributed by atoms with Gasteiger partial charge in [0.1, 0.15) is 0 Å². The second-order valence-corrected chi connectivity index (χ2v) is 12.8. The fourth-order valence-electron chi connectivity index (χ4n) is 6.90. The summed E-state index contributed by atoms with van der Waals surface area (Å²) in [4.78, 5) is 8.51. The molecule has 3 aromatic heterocycles. The van der Waals surface area contributed by atoms with Crippen molar-refractivity contribution in [1.29, 1.82) is 0 Å². The first kappa shape index (κ1) is 26.9. The molecule has 3 nitrogen and oxygen atoms in total. The fourth-order valence-corrected chi connectivity index (χ4v) is 7.95. The van der Waals surface area contributed by atoms with E-state index < -0.39 is 0 Å². The molecule has 0 atom stereocenters. The third-order valence-corrected chi connectivity index (χ3v) is 10.2. The molecule has 46 heavy (non-hydrogen) atoms. The molecule has 5 aromatic carbocycles. The maximum absolute atomic E-state index is 4.26. The molecule has 218 valence electrons. The average Bonchev–Trinajstić information content (AvgIpc) is 3.35. The van der Waals surface area contributed by atoms with Gasteiger partial charge in [-0.3, -0.25) is 9.97 Å². The van der Waals surface area contributed by atoms with E-state index in [9.17, 15) is 0 Å². The predicted molar refractivity (Wildman–Crippen MR) is 193 cm³/mol. The molecule has 0 radical (unpaired) electrons. The van der Waals surface area contributed by atoms with Crippen molar-refractivity contribution in [3.05, 3.63) is 163 Å². The van der Waals surface area contributed by atoms with Crippen molar-refractivity contribution in [1.82, 2.24) is 14.5 Å². The highest BCUT2D eigenvalue weighted by Crippen LogP contribution is 2.42. The van der Waals surface area contributed by atoms with Crippen LogP contribution in [0.1, 0.15) is 11.1 Å². The van der Waals surface area contributed by atoms with Crippen molar-refractivity contribution in [3.8, 4) is 50.2 Å². The number of benzene rings is 5. The second-order valence-electron chi connectivity index (χ2n) is 11.8. The Labute approximate surface area is 272 Å². The summed E-state index contributed by atoms with van der Waals surface area (Å²) in [5.41, 5.74) is 16.1. The van der Waals surface area contributed by atoms with E-state index in [4.69, 9.17) is 0 Å². The Morgan fingerprint density at radius 2 is 0.935 bits per heavy atom. The number of nitrogens with zero attached hydrogens (tertiary/aromatic N) is 3. The lowest BCUT2D eigenvalue weighted by Gasteiger charge is -2.16. The summed E-state index contributed by atoms with van der Waals surface area (Å²) < 4.78 is 2.42. The van der Waals surface area contributed by atoms with Gasteiger partial charge in [-0.2, -0.15) is 11.8 Å². The topological polar surface area (TPSA) is 30.7 Å². The minimum atomic E-state index is 0.994. The number of rotatable bonds is 4. The Balaban J connectivity index is 1.23. The van der Waals surface area contributed by atoms with E-state index in [1.54, 1.807) is 0 Å². The summed E-state index contributed by atoms with van der Waals surface area (Å²) in [6, 6.07) is 46.8. The first-order valence-electron chi connectivity index (χ1n) is 15.6. The van der Waals surface area contributed by atoms with Crippen molar-refractivity contribution in [3.63, 3.8) is 0 Å². The van der Waals surface area contributed by atoms with Gasteiger partial charge < -0.3 is 4.57 Å². The van der Waals surface area contributed by atoms with Crippen LogP contribution < -0.4 is 0 Å². The van der Waals surface area contributed by atoms with E-state index in [0.717, 1.165) is 22.6 Å². The predicted octanol–water partition coefficient (Wildman–Crippen LogP) is 11.0. The highest BCUT2D eigenvalue weighted by atomic mass is 32.2. The number of hydrogen-bond donors (Lipinski definition) is 0. The molecule has 0 unspecified atom stereocenters. The van der Waals surface area contributed by atoms with Gasteiger partial charge in [-0.1, -0.05) is 54.6 Å². The van der Waals surface area contributed by atoms with E-state index in [-0.39, 0.29) is 0 Å². The third-order valence-electron chi connectivity index (χ3n) is 9.14. The lowest BCUT2D eigenvalue weighted by Crippen LogP contribution is -1.97. The van der Waals surface area contributed by atoms with Crippen LogP contribution in [0.2, 0.25) is 0 Å². The Morgan fingerprint density at radius 3 is 1.52 bits per heavy atom. The maximum Gasteiger partial charge on any atom is 0.0541 e. The number of pyridine rings is 2. The average molecular weight is 608 g/mol. The van der Waals surface area contributed by atoms with E-state index in [1.165, 1.54) is 72.0 Å². The molecular formula is C42H29N3S. The highest BCUT2D eigenvalue weighted by molar-refractivity contribution is 7.97. The third kappa shape index (κ3) is 4.61. The Bertz CT molecular complexity index is 2280. The quantitative estimate of drug-likeness (QED) is 0.199. The standard InChI is InChI=1S/C42H29N3S/c1-3-7-41-37(5-1)38-6-2-4-8-42(38)45(41)36-12-11-32-27-46-26-31-10-9-30(24-39(31)40(32)25-36)35-22-33(28-13-17-43-18-14-28)21-34(23-35)29-15-19-44-20-16-29/h1-25H,26-27H2. The highest BCUT2D eigenvalue weighted by Gasteiger charge is 2.19. The number of aromatic nitrogens is 3. The Morgan fingerprint density at radius 1 is 0.435 bits per heavy atom. The summed E-state index contributed by atoms with van der Waals surface area (Å²) in [5, 5.41) is 2.57. The van der Waals surface area contributed by atoms with Crippen LogP contribution in [0.15, 0.2) is 152 Å². The first-order valence-corrected chi connectivity index (χ1v) is 16.7. The van der Waals surface area contributed by atoms with Gasteiger partial charge in [-0.25, -0.2) is 0 Å². The molecule has 0 N–H and O–H groups in total. The van der Waals surface area contributed by atoms with E-state index in [0.29, 0.717) is 0 Å². The van der Waals surface area contributed by atoms with Gasteiger partial charge in [0.15, 0.2) is 0 Å². The van der Waals surface area contributed by atoms with Crippen LogP contribution in [0.4, 0.5) is 0 Å². The minimum Gasteiger partial charge on any atom is -0.309 e. The Kier molecular flexibility index (Phi) is 6.53. The first-order chi connectivity index (χ1) is 22.8. The lowest BCUT2D eigenvalue weighted by molar-refractivity contribution is 1.17. The molecule has 0 spiro atoms. The van der Waals surface area contributed by atoms with Crippen LogP contribution in [0, 0.1) is 0 Å². The van der Waals surface area contributed by atoms with Crippen LogP contribution in [0.3, 0.4) is 0 Å². The number of thioether (sulfide) groups is 1. The normalized spacial score (nSPS) is 12.5. The zero-order valence-electron chi connectivity index (χ0n) is 25.1. The van der Waals surface area contributed by atoms with Crippen LogP contribution in [0.5, 0.6) is 0 Å². The molecule has 8 aromatic rings. The van der Waals surface area contributed by atoms with Crippen LogP contribution in [-0.2, 0) is 11.5 Å². The van der Waals surface area contributed by atoms with Gasteiger partial charge in [-0.05, 0) is 128 Å². The van der Waals surface area contributed by atoms with Crippen LogP contribution >= 0.6 is 11.8 Å². The fraction of sp³-hybridized carbons (Fsp3) is 0.0476. The van der Waals surface area contributed by atoms with Gasteiger partial charge in [0.25, 0.3) is 0 Å². The number of para-hydroxylation sites is 2. The Hall–Kier alpha value is -5.45. The molecule has 1 aliphatic heterocycles. The molecule has 4 heterocycles. The summed E-state index contributed by atoms with van der Waals surface area (Å²) in [6.07, 6.45) is 7.44. The molecule has 0 saturated carbocycles. The molecule has 9 rings (SSSR count). The lowest BCUT2D eigenvalue weighted by atomic mass is 9.90. The zero-order chi connectivity index (χ0) is 30.5. The van der Waals surface area contributed by atoms with Crippen LogP contribution in [-0.4, -0.2) is 14.5 Å². The molecule has 0 aliphatic carbocycles. The van der Waals surface area contributed by atoms with Gasteiger partial charge >= 0.3 is 0 Å². The monoisotopic (exact) mass is 607 g/mol. The number of fused-ring (bicyclic) bond motifs is 6. The SMILES string of the molecule is c1ccc2c(c1)c1ccccc1n2-c1ccc2c(c1)-c1cc(-c3cc(-c4ccncc4)cc(-c4ccncc4)c3)ccc1CSC2. The van der Waals surface area contributed by atoms with Gasteiger partial charge in [0.05, 0.1) is 11.0 Å². The molecule has 0 saturated heterocycles. The van der Waals surface area contributed by atoms with Crippen molar-refractivity contribution >= 4 is 33.6 Å². The summed E-state index contributed by atoms with van der Waals surface area (Å²) >= 11 is 1.99. The minimum absolute atomic E-state index is 0.994. The van der Waals surface area contributed by atoms with E-state index in [1.807, 2.05) is 36.5 Å². The van der Waals surface area contributed by atoms with Gasteiger partial charge in [0.2, 0.25) is 0 Å². The van der Waals surface area contributed by atoms with E-state index in [2.05, 4.69) is 142 Å². The smallest absolute Gasteiger partial charge is 0.0541 e. The largest absolute Gasteiger partial charge is 0.309 e. The van der Waals surface area contributed by atoms with Crippen molar-refractivity contribution < 1.29 is 0 Å². The summed E-state index contributed by atoms with van der Waals surface area (Å²) in [6.45, 7) is 0. The maximum atomic E-state index is 4.26. The molecule has 4 heteroatoms. The van der Waals surface area contributed by atoms with Gasteiger partial charge in [0, 0.05) is 52.8 Å². The summed E-state index contributed by atoms with van der Waals surface area (Å²) in [5.74, 6) is 1.99. The molecule has 0 amide bonds. The molecule has 1 aliphatic rings. The van der Waals surface area contributed by atoms with Gasteiger partial charge in [-0.15, -0.1) is 0 Å². The van der Waals surface area contributed by atoms with Crippen LogP contribution in [0.25, 0.3) is 72.0 Å². The van der Waals surface area contributed by atoms with Crippen molar-refractivity contribution in [2.45, 2.75) is 11.5 Å². The zero-order valence-corrected chi connectivity index (χ0v) is 25.9. The second kappa shape index (κ2) is 11.2. The van der Waals surface area contributed by atoms with Crippen molar-refractivity contribution in [2.24, 2.45) is 0 Å². The van der Waals surface area contributed by atoms with E-state index >= 15 is 0 Å². The summed E-state index contributed by atoms with van der Waals surface area (Å²) in [7, 11) is 0. The van der Waals surface area contributed by atoms with Crippen molar-refractivity contribution in [2.75, 3.05) is 0 Å². The molecule has 0 bridgehead atoms. The molecular weight excluding hydrogens is 579 g/mol.